The smallest absolute Gasteiger partial charge is 0.0597 e. The lowest BCUT2D eigenvalue weighted by Crippen LogP contribution is -2.49. The van der Waals surface area contributed by atoms with Gasteiger partial charge in [-0.15, -0.1) is 0 Å². The van der Waals surface area contributed by atoms with Crippen molar-refractivity contribution in [2.75, 3.05) is 0 Å². The SMILES string of the molecule is CC1OC(C)C(C(NN)C2CCCC2)C1C. The van der Waals surface area contributed by atoms with E-state index in [9.17, 15) is 0 Å². The lowest BCUT2D eigenvalue weighted by molar-refractivity contribution is 0.0445. The number of hydrazine groups is 1. The molecule has 0 amide bonds. The molecule has 0 aromatic heterocycles. The summed E-state index contributed by atoms with van der Waals surface area (Å²) in [6.07, 6.45) is 6.12. The molecule has 2 rings (SSSR count). The quantitative estimate of drug-likeness (QED) is 0.572. The van der Waals surface area contributed by atoms with Gasteiger partial charge in [0.2, 0.25) is 0 Å². The van der Waals surface area contributed by atoms with Gasteiger partial charge in [0.05, 0.1) is 12.2 Å². The molecule has 0 bridgehead atoms. The van der Waals surface area contributed by atoms with E-state index in [1.807, 2.05) is 0 Å². The van der Waals surface area contributed by atoms with E-state index in [1.54, 1.807) is 0 Å². The first kappa shape index (κ1) is 12.3. The van der Waals surface area contributed by atoms with E-state index in [2.05, 4.69) is 26.2 Å². The van der Waals surface area contributed by atoms with Crippen LogP contribution in [0.3, 0.4) is 0 Å². The third kappa shape index (κ3) is 2.13. The highest BCUT2D eigenvalue weighted by Gasteiger charge is 2.44. The van der Waals surface area contributed by atoms with Crippen LogP contribution in [0.1, 0.15) is 46.5 Å². The largest absolute Gasteiger partial charge is 0.375 e. The zero-order valence-electron chi connectivity index (χ0n) is 10.8. The normalized spacial score (nSPS) is 42.8. The van der Waals surface area contributed by atoms with Crippen LogP contribution in [-0.4, -0.2) is 18.2 Å². The average Bonchev–Trinajstić information content (AvgIpc) is 2.84. The van der Waals surface area contributed by atoms with Crippen molar-refractivity contribution in [3.8, 4) is 0 Å². The van der Waals surface area contributed by atoms with Crippen molar-refractivity contribution >= 4 is 0 Å². The fraction of sp³-hybridized carbons (Fsp3) is 1.00. The molecule has 0 radical (unpaired) electrons. The number of rotatable bonds is 3. The molecule has 1 saturated heterocycles. The minimum atomic E-state index is 0.339. The maximum absolute atomic E-state index is 5.93. The Morgan fingerprint density at radius 2 is 1.75 bits per heavy atom. The molecule has 5 unspecified atom stereocenters. The summed E-state index contributed by atoms with van der Waals surface area (Å²) in [5.41, 5.74) is 3.09. The Balaban J connectivity index is 2.07. The molecule has 3 nitrogen and oxygen atoms in total. The van der Waals surface area contributed by atoms with Crippen molar-refractivity contribution in [2.24, 2.45) is 23.6 Å². The first-order chi connectivity index (χ1) is 7.65. The topological polar surface area (TPSA) is 47.3 Å². The summed E-state index contributed by atoms with van der Waals surface area (Å²) in [5.74, 6) is 7.74. The first-order valence-corrected chi connectivity index (χ1v) is 6.76. The van der Waals surface area contributed by atoms with E-state index in [0.29, 0.717) is 30.1 Å². The van der Waals surface area contributed by atoms with Crippen LogP contribution in [0.2, 0.25) is 0 Å². The maximum atomic E-state index is 5.93. The number of nitrogens with one attached hydrogen (secondary N) is 1. The van der Waals surface area contributed by atoms with Crippen LogP contribution >= 0.6 is 0 Å². The molecule has 2 fully saturated rings. The van der Waals surface area contributed by atoms with Crippen LogP contribution in [0.4, 0.5) is 0 Å². The molecule has 0 spiro atoms. The lowest BCUT2D eigenvalue weighted by Gasteiger charge is -2.32. The molecule has 5 atom stereocenters. The van der Waals surface area contributed by atoms with E-state index in [-0.39, 0.29) is 0 Å². The van der Waals surface area contributed by atoms with E-state index in [0.717, 1.165) is 5.92 Å². The summed E-state index contributed by atoms with van der Waals surface area (Å²) < 4.78 is 5.93. The zero-order valence-corrected chi connectivity index (χ0v) is 10.8. The van der Waals surface area contributed by atoms with Crippen molar-refractivity contribution < 1.29 is 4.74 Å². The second-order valence-corrected chi connectivity index (χ2v) is 5.72. The summed E-state index contributed by atoms with van der Waals surface area (Å²) in [4.78, 5) is 0. The van der Waals surface area contributed by atoms with Crippen LogP contribution in [0.25, 0.3) is 0 Å². The number of hydrogen-bond donors (Lipinski definition) is 2. The highest BCUT2D eigenvalue weighted by molar-refractivity contribution is 4.94. The Morgan fingerprint density at radius 1 is 1.12 bits per heavy atom. The molecule has 1 aliphatic carbocycles. The van der Waals surface area contributed by atoms with Gasteiger partial charge < -0.3 is 4.74 Å². The summed E-state index contributed by atoms with van der Waals surface area (Å²) in [7, 11) is 0. The number of nitrogens with two attached hydrogens (primary N) is 1. The Kier molecular flexibility index (Phi) is 3.88. The van der Waals surface area contributed by atoms with Gasteiger partial charge in [-0.25, -0.2) is 0 Å². The molecule has 2 aliphatic rings. The predicted molar refractivity (Wildman–Crippen MR) is 65.7 cm³/mol. The molecule has 0 aromatic rings. The first-order valence-electron chi connectivity index (χ1n) is 6.76. The van der Waals surface area contributed by atoms with Gasteiger partial charge in [0.1, 0.15) is 0 Å². The molecule has 1 aliphatic heterocycles. The third-order valence-corrected chi connectivity index (χ3v) is 4.83. The Morgan fingerprint density at radius 3 is 2.19 bits per heavy atom. The van der Waals surface area contributed by atoms with Crippen LogP contribution in [-0.2, 0) is 4.74 Å². The van der Waals surface area contributed by atoms with Gasteiger partial charge in [-0.3, -0.25) is 11.3 Å². The van der Waals surface area contributed by atoms with Gasteiger partial charge in [-0.1, -0.05) is 19.8 Å². The van der Waals surface area contributed by atoms with Gasteiger partial charge in [0.25, 0.3) is 0 Å². The van der Waals surface area contributed by atoms with Gasteiger partial charge in [0.15, 0.2) is 0 Å². The summed E-state index contributed by atoms with van der Waals surface area (Å²) >= 11 is 0. The third-order valence-electron chi connectivity index (χ3n) is 4.83. The van der Waals surface area contributed by atoms with Gasteiger partial charge in [-0.2, -0.15) is 0 Å². The minimum Gasteiger partial charge on any atom is -0.375 e. The molecule has 0 aromatic carbocycles. The monoisotopic (exact) mass is 226 g/mol. The molecular formula is C13H26N2O. The molecule has 1 heterocycles. The summed E-state index contributed by atoms with van der Waals surface area (Å²) in [6.45, 7) is 6.69. The second-order valence-electron chi connectivity index (χ2n) is 5.72. The standard InChI is InChI=1S/C13H26N2O/c1-8-9(2)16-10(3)12(8)13(15-14)11-6-4-5-7-11/h8-13,15H,4-7,14H2,1-3H3. The lowest BCUT2D eigenvalue weighted by atomic mass is 9.77. The number of hydrogen-bond acceptors (Lipinski definition) is 3. The van der Waals surface area contributed by atoms with Crippen molar-refractivity contribution in [2.45, 2.75) is 64.7 Å². The van der Waals surface area contributed by atoms with Gasteiger partial charge >= 0.3 is 0 Å². The maximum Gasteiger partial charge on any atom is 0.0597 e. The molecule has 1 saturated carbocycles. The Hall–Kier alpha value is -0.120. The van der Waals surface area contributed by atoms with E-state index < -0.39 is 0 Å². The average molecular weight is 226 g/mol. The van der Waals surface area contributed by atoms with E-state index in [1.165, 1.54) is 25.7 Å². The Labute approximate surface area is 99.1 Å². The van der Waals surface area contributed by atoms with Crippen molar-refractivity contribution in [1.82, 2.24) is 5.43 Å². The van der Waals surface area contributed by atoms with Crippen molar-refractivity contribution in [3.05, 3.63) is 0 Å². The number of ether oxygens (including phenoxy) is 1. The highest BCUT2D eigenvalue weighted by atomic mass is 16.5. The van der Waals surface area contributed by atoms with Crippen LogP contribution in [0.15, 0.2) is 0 Å². The summed E-state index contributed by atoms with van der Waals surface area (Å²) in [5, 5.41) is 0. The predicted octanol–water partition coefficient (Wildman–Crippen LogP) is 2.07. The summed E-state index contributed by atoms with van der Waals surface area (Å²) in [6, 6.07) is 0.442. The second kappa shape index (κ2) is 5.03. The fourth-order valence-electron chi connectivity index (χ4n) is 3.79. The molecule has 3 N–H and O–H groups in total. The molecule has 16 heavy (non-hydrogen) atoms. The van der Waals surface area contributed by atoms with Gasteiger partial charge in [0, 0.05) is 12.0 Å². The van der Waals surface area contributed by atoms with Crippen molar-refractivity contribution in [1.29, 1.82) is 0 Å². The van der Waals surface area contributed by atoms with E-state index >= 15 is 0 Å². The molecule has 94 valence electrons. The van der Waals surface area contributed by atoms with Crippen LogP contribution < -0.4 is 11.3 Å². The fourth-order valence-corrected chi connectivity index (χ4v) is 3.79. The molecular weight excluding hydrogens is 200 g/mol. The minimum absolute atomic E-state index is 0.339. The zero-order chi connectivity index (χ0) is 11.7. The van der Waals surface area contributed by atoms with Gasteiger partial charge in [-0.05, 0) is 38.5 Å². The molecule has 3 heteroatoms. The Bertz CT molecular complexity index is 228. The highest BCUT2D eigenvalue weighted by Crippen LogP contribution is 2.40. The van der Waals surface area contributed by atoms with E-state index in [4.69, 9.17) is 10.6 Å². The van der Waals surface area contributed by atoms with Crippen LogP contribution in [0.5, 0.6) is 0 Å². The van der Waals surface area contributed by atoms with Crippen LogP contribution in [0, 0.1) is 17.8 Å². The van der Waals surface area contributed by atoms with Crippen molar-refractivity contribution in [3.63, 3.8) is 0 Å².